The van der Waals surface area contributed by atoms with Gasteiger partial charge in [-0.2, -0.15) is 4.98 Å². The van der Waals surface area contributed by atoms with Crippen LogP contribution < -0.4 is 11.1 Å². The first-order valence-corrected chi connectivity index (χ1v) is 6.65. The third-order valence-corrected chi connectivity index (χ3v) is 3.24. The molecule has 0 fully saturated rings. The molecule has 3 rings (SSSR count). The molecule has 4 heteroatoms. The molecule has 3 N–H and O–H groups in total. The van der Waals surface area contributed by atoms with Crippen molar-refractivity contribution >= 4 is 28.5 Å². The second-order valence-electron chi connectivity index (χ2n) is 5.15. The fraction of sp³-hybridized carbons (Fsp3) is 0.188. The number of nitrogens with two attached hydrogens (primary N) is 1. The number of anilines is 3. The number of fused-ring (bicyclic) bond motifs is 1. The van der Waals surface area contributed by atoms with E-state index in [4.69, 9.17) is 10.2 Å². The Kier molecular flexibility index (Phi) is 3.06. The molecular weight excluding hydrogens is 250 g/mol. The third kappa shape index (κ3) is 2.45. The van der Waals surface area contributed by atoms with Gasteiger partial charge in [-0.05, 0) is 41.8 Å². The summed E-state index contributed by atoms with van der Waals surface area (Å²) in [7, 11) is 0. The molecule has 0 spiro atoms. The van der Waals surface area contributed by atoms with Crippen LogP contribution >= 0.6 is 0 Å². The van der Waals surface area contributed by atoms with Crippen LogP contribution in [0.2, 0.25) is 0 Å². The number of hydrogen-bond donors (Lipinski definition) is 2. The van der Waals surface area contributed by atoms with Crippen LogP contribution in [-0.4, -0.2) is 4.98 Å². The minimum Gasteiger partial charge on any atom is -0.423 e. The molecule has 0 atom stereocenters. The van der Waals surface area contributed by atoms with Crippen molar-refractivity contribution < 1.29 is 4.42 Å². The van der Waals surface area contributed by atoms with Gasteiger partial charge in [0.2, 0.25) is 0 Å². The zero-order valence-electron chi connectivity index (χ0n) is 11.6. The molecule has 0 aliphatic carbocycles. The van der Waals surface area contributed by atoms with Crippen molar-refractivity contribution in [3.8, 4) is 0 Å². The first-order chi connectivity index (χ1) is 9.61. The standard InChI is InChI=1S/C16H17N3O/c1-10(2)11-3-6-13(7-4-11)18-16-19-14-9-12(17)5-8-15(14)20-16/h3-10H,17H2,1-2H3,(H,18,19). The summed E-state index contributed by atoms with van der Waals surface area (Å²) in [6.45, 7) is 4.35. The topological polar surface area (TPSA) is 64.1 Å². The van der Waals surface area contributed by atoms with E-state index in [1.54, 1.807) is 12.1 Å². The largest absolute Gasteiger partial charge is 0.423 e. The predicted octanol–water partition coefficient (Wildman–Crippen LogP) is 4.28. The number of hydrogen-bond acceptors (Lipinski definition) is 4. The molecule has 3 aromatic rings. The van der Waals surface area contributed by atoms with E-state index in [1.807, 2.05) is 18.2 Å². The summed E-state index contributed by atoms with van der Waals surface area (Å²) in [5, 5.41) is 3.16. The maximum Gasteiger partial charge on any atom is 0.300 e. The van der Waals surface area contributed by atoms with E-state index in [-0.39, 0.29) is 0 Å². The van der Waals surface area contributed by atoms with Crippen LogP contribution in [0.1, 0.15) is 25.3 Å². The van der Waals surface area contributed by atoms with Gasteiger partial charge >= 0.3 is 0 Å². The van der Waals surface area contributed by atoms with Gasteiger partial charge in [0.05, 0.1) is 0 Å². The molecule has 0 unspecified atom stereocenters. The molecule has 0 aliphatic heterocycles. The first-order valence-electron chi connectivity index (χ1n) is 6.65. The third-order valence-electron chi connectivity index (χ3n) is 3.24. The van der Waals surface area contributed by atoms with E-state index in [0.717, 1.165) is 16.8 Å². The molecule has 0 saturated carbocycles. The quantitative estimate of drug-likeness (QED) is 0.695. The Labute approximate surface area is 117 Å². The lowest BCUT2D eigenvalue weighted by molar-refractivity contribution is 0.623. The van der Waals surface area contributed by atoms with Crippen molar-refractivity contribution in [3.05, 3.63) is 48.0 Å². The highest BCUT2D eigenvalue weighted by Crippen LogP contribution is 2.24. The van der Waals surface area contributed by atoms with Crippen molar-refractivity contribution in [2.45, 2.75) is 19.8 Å². The van der Waals surface area contributed by atoms with Crippen LogP contribution in [0, 0.1) is 0 Å². The Bertz CT molecular complexity index is 729. The van der Waals surface area contributed by atoms with Crippen LogP contribution in [0.4, 0.5) is 17.4 Å². The molecule has 102 valence electrons. The highest BCUT2D eigenvalue weighted by Gasteiger charge is 2.06. The van der Waals surface area contributed by atoms with E-state index in [9.17, 15) is 0 Å². The van der Waals surface area contributed by atoms with Gasteiger partial charge in [-0.25, -0.2) is 0 Å². The predicted molar refractivity (Wildman–Crippen MR) is 82.2 cm³/mol. The minimum absolute atomic E-state index is 0.475. The number of benzene rings is 2. The molecule has 0 radical (unpaired) electrons. The molecule has 1 aromatic heterocycles. The Morgan fingerprint density at radius 2 is 1.85 bits per heavy atom. The number of nitrogens with one attached hydrogen (secondary N) is 1. The van der Waals surface area contributed by atoms with Gasteiger partial charge in [-0.3, -0.25) is 0 Å². The van der Waals surface area contributed by atoms with Crippen LogP contribution in [0.3, 0.4) is 0 Å². The fourth-order valence-corrected chi connectivity index (χ4v) is 2.07. The lowest BCUT2D eigenvalue weighted by atomic mass is 10.0. The second-order valence-corrected chi connectivity index (χ2v) is 5.15. The van der Waals surface area contributed by atoms with Crippen molar-refractivity contribution in [1.29, 1.82) is 0 Å². The maximum atomic E-state index is 5.73. The first kappa shape index (κ1) is 12.5. The van der Waals surface area contributed by atoms with Crippen LogP contribution in [0.5, 0.6) is 0 Å². The molecule has 20 heavy (non-hydrogen) atoms. The van der Waals surface area contributed by atoms with Gasteiger partial charge in [0.25, 0.3) is 6.01 Å². The van der Waals surface area contributed by atoms with Crippen molar-refractivity contribution in [2.24, 2.45) is 0 Å². The molecular formula is C16H17N3O. The number of nitrogen functional groups attached to an aromatic ring is 1. The van der Waals surface area contributed by atoms with Crippen molar-refractivity contribution in [3.63, 3.8) is 0 Å². The molecule has 2 aromatic carbocycles. The van der Waals surface area contributed by atoms with E-state index in [0.29, 0.717) is 17.6 Å². The normalized spacial score (nSPS) is 11.2. The summed E-state index contributed by atoms with van der Waals surface area (Å²) in [4.78, 5) is 4.37. The summed E-state index contributed by atoms with van der Waals surface area (Å²) in [6, 6.07) is 14.2. The van der Waals surface area contributed by atoms with E-state index >= 15 is 0 Å². The molecule has 1 heterocycles. The zero-order chi connectivity index (χ0) is 14.1. The van der Waals surface area contributed by atoms with E-state index in [2.05, 4.69) is 36.3 Å². The maximum absolute atomic E-state index is 5.73. The number of nitrogens with zero attached hydrogens (tertiary/aromatic N) is 1. The van der Waals surface area contributed by atoms with Gasteiger partial charge in [-0.15, -0.1) is 0 Å². The summed E-state index contributed by atoms with van der Waals surface area (Å²) in [6.07, 6.45) is 0. The monoisotopic (exact) mass is 267 g/mol. The van der Waals surface area contributed by atoms with Gasteiger partial charge < -0.3 is 15.5 Å². The molecule has 4 nitrogen and oxygen atoms in total. The van der Waals surface area contributed by atoms with Crippen molar-refractivity contribution in [2.75, 3.05) is 11.1 Å². The average Bonchev–Trinajstić information content (AvgIpc) is 2.80. The second kappa shape index (κ2) is 4.89. The number of rotatable bonds is 3. The smallest absolute Gasteiger partial charge is 0.300 e. The number of aromatic nitrogens is 1. The molecule has 0 amide bonds. The molecule has 0 bridgehead atoms. The van der Waals surface area contributed by atoms with Crippen LogP contribution in [0.15, 0.2) is 46.9 Å². The highest BCUT2D eigenvalue weighted by molar-refractivity contribution is 5.78. The fourth-order valence-electron chi connectivity index (χ4n) is 2.07. The Balaban J connectivity index is 1.85. The van der Waals surface area contributed by atoms with Crippen molar-refractivity contribution in [1.82, 2.24) is 4.98 Å². The molecule has 0 saturated heterocycles. The van der Waals surface area contributed by atoms with Gasteiger partial charge in [0.15, 0.2) is 5.58 Å². The lowest BCUT2D eigenvalue weighted by Crippen LogP contribution is -1.92. The Hall–Kier alpha value is -2.49. The summed E-state index contributed by atoms with van der Waals surface area (Å²) in [5.41, 5.74) is 10.1. The van der Waals surface area contributed by atoms with Gasteiger partial charge in [0.1, 0.15) is 5.52 Å². The number of oxazole rings is 1. The zero-order valence-corrected chi connectivity index (χ0v) is 11.6. The summed E-state index contributed by atoms with van der Waals surface area (Å²) < 4.78 is 5.63. The van der Waals surface area contributed by atoms with Crippen LogP contribution in [0.25, 0.3) is 11.1 Å². The SMILES string of the molecule is CC(C)c1ccc(Nc2nc3cc(N)ccc3o2)cc1. The van der Waals surface area contributed by atoms with Gasteiger partial charge in [-0.1, -0.05) is 26.0 Å². The van der Waals surface area contributed by atoms with E-state index < -0.39 is 0 Å². The highest BCUT2D eigenvalue weighted by atomic mass is 16.4. The Morgan fingerprint density at radius 1 is 1.10 bits per heavy atom. The van der Waals surface area contributed by atoms with E-state index in [1.165, 1.54) is 5.56 Å². The van der Waals surface area contributed by atoms with Gasteiger partial charge in [0, 0.05) is 11.4 Å². The summed E-state index contributed by atoms with van der Waals surface area (Å²) in [5.74, 6) is 0.524. The lowest BCUT2D eigenvalue weighted by Gasteiger charge is -2.06. The Morgan fingerprint density at radius 3 is 2.55 bits per heavy atom. The minimum atomic E-state index is 0.475. The summed E-state index contributed by atoms with van der Waals surface area (Å²) >= 11 is 0. The average molecular weight is 267 g/mol. The van der Waals surface area contributed by atoms with Crippen LogP contribution in [-0.2, 0) is 0 Å². The molecule has 0 aliphatic rings.